The number of nitrogens with one attached hydrogen (secondary N) is 2. The number of aromatic nitrogens is 2. The maximum Gasteiger partial charge on any atom is 0.271 e. The summed E-state index contributed by atoms with van der Waals surface area (Å²) in [6, 6.07) is 3.45. The molecule has 1 aromatic heterocycles. The molecular formula is C14H22N4O2. The molecule has 1 amide bonds. The largest absolute Gasteiger partial charge is 0.376 e. The lowest BCUT2D eigenvalue weighted by Gasteiger charge is -2.11. The van der Waals surface area contributed by atoms with Crippen molar-refractivity contribution in [3.8, 4) is 0 Å². The van der Waals surface area contributed by atoms with Gasteiger partial charge in [0.2, 0.25) is 0 Å². The minimum Gasteiger partial charge on any atom is -0.376 e. The van der Waals surface area contributed by atoms with E-state index in [1.807, 2.05) is 13.8 Å². The zero-order chi connectivity index (χ0) is 14.4. The third kappa shape index (κ3) is 4.45. The average molecular weight is 278 g/mol. The lowest BCUT2D eigenvalue weighted by Crippen LogP contribution is -2.28. The van der Waals surface area contributed by atoms with Crippen LogP contribution in [0.3, 0.4) is 0 Å². The number of carbonyl (C=O) groups is 1. The lowest BCUT2D eigenvalue weighted by molar-refractivity contribution is 0.0943. The fourth-order valence-corrected chi connectivity index (χ4v) is 1.96. The Hall–Kier alpha value is -1.69. The molecule has 2 N–H and O–H groups in total. The van der Waals surface area contributed by atoms with Gasteiger partial charge in [0.1, 0.15) is 5.82 Å². The van der Waals surface area contributed by atoms with E-state index in [4.69, 9.17) is 4.74 Å². The van der Waals surface area contributed by atoms with Crippen LogP contribution >= 0.6 is 0 Å². The fraction of sp³-hybridized carbons (Fsp3) is 0.643. The number of amides is 1. The number of ether oxygens (including phenoxy) is 1. The molecular weight excluding hydrogens is 256 g/mol. The highest BCUT2D eigenvalue weighted by Crippen LogP contribution is 2.12. The molecule has 1 aliphatic rings. The molecule has 6 nitrogen and oxygen atoms in total. The van der Waals surface area contributed by atoms with Gasteiger partial charge in [0.25, 0.3) is 5.91 Å². The minimum absolute atomic E-state index is 0.183. The molecule has 0 bridgehead atoms. The molecule has 0 radical (unpaired) electrons. The first-order valence-corrected chi connectivity index (χ1v) is 7.12. The van der Waals surface area contributed by atoms with Gasteiger partial charge in [0, 0.05) is 19.7 Å². The molecule has 1 unspecified atom stereocenters. The van der Waals surface area contributed by atoms with E-state index in [1.165, 1.54) is 0 Å². The topological polar surface area (TPSA) is 76.1 Å². The molecule has 0 spiro atoms. The first-order valence-electron chi connectivity index (χ1n) is 7.12. The highest BCUT2D eigenvalue weighted by molar-refractivity contribution is 5.92. The number of hydrogen-bond acceptors (Lipinski definition) is 5. The minimum atomic E-state index is -0.183. The number of anilines is 1. The number of nitrogens with zero attached hydrogens (tertiary/aromatic N) is 2. The van der Waals surface area contributed by atoms with E-state index in [0.29, 0.717) is 24.0 Å². The molecule has 1 saturated heterocycles. The number of hydrogen-bond donors (Lipinski definition) is 2. The predicted octanol–water partition coefficient (Wildman–Crippen LogP) is 1.45. The van der Waals surface area contributed by atoms with Crippen LogP contribution in [0.15, 0.2) is 12.1 Å². The van der Waals surface area contributed by atoms with E-state index in [9.17, 15) is 4.79 Å². The van der Waals surface area contributed by atoms with Crippen LogP contribution in [0, 0.1) is 5.92 Å². The van der Waals surface area contributed by atoms with Crippen LogP contribution in [0.4, 0.5) is 5.82 Å². The second kappa shape index (κ2) is 7.19. The zero-order valence-corrected chi connectivity index (χ0v) is 12.1. The Balaban J connectivity index is 1.80. The van der Waals surface area contributed by atoms with Crippen LogP contribution < -0.4 is 10.6 Å². The zero-order valence-electron chi connectivity index (χ0n) is 12.1. The maximum absolute atomic E-state index is 11.8. The monoisotopic (exact) mass is 278 g/mol. The Morgan fingerprint density at radius 1 is 1.45 bits per heavy atom. The van der Waals surface area contributed by atoms with Crippen molar-refractivity contribution in [3.05, 3.63) is 17.8 Å². The summed E-state index contributed by atoms with van der Waals surface area (Å²) in [4.78, 5) is 11.8. The molecule has 0 saturated carbocycles. The predicted molar refractivity (Wildman–Crippen MR) is 76.7 cm³/mol. The Labute approximate surface area is 119 Å². The van der Waals surface area contributed by atoms with Crippen molar-refractivity contribution in [2.75, 3.05) is 25.0 Å². The second-order valence-electron chi connectivity index (χ2n) is 5.42. The Morgan fingerprint density at radius 3 is 2.90 bits per heavy atom. The lowest BCUT2D eigenvalue weighted by atomic mass is 10.2. The van der Waals surface area contributed by atoms with Crippen LogP contribution in [0.25, 0.3) is 0 Å². The average Bonchev–Trinajstić information content (AvgIpc) is 2.96. The molecule has 0 aromatic carbocycles. The molecule has 110 valence electrons. The van der Waals surface area contributed by atoms with Crippen molar-refractivity contribution < 1.29 is 9.53 Å². The fourth-order valence-electron chi connectivity index (χ4n) is 1.96. The van der Waals surface area contributed by atoms with Gasteiger partial charge in [-0.3, -0.25) is 4.79 Å². The van der Waals surface area contributed by atoms with Gasteiger partial charge in [-0.05, 0) is 30.9 Å². The molecule has 1 atom stereocenters. The van der Waals surface area contributed by atoms with Crippen LogP contribution in [-0.4, -0.2) is 41.9 Å². The van der Waals surface area contributed by atoms with E-state index in [2.05, 4.69) is 20.8 Å². The van der Waals surface area contributed by atoms with Crippen molar-refractivity contribution >= 4 is 11.7 Å². The van der Waals surface area contributed by atoms with Gasteiger partial charge in [-0.25, -0.2) is 0 Å². The van der Waals surface area contributed by atoms with Gasteiger partial charge in [0.05, 0.1) is 6.10 Å². The summed E-state index contributed by atoms with van der Waals surface area (Å²) < 4.78 is 5.52. The molecule has 1 fully saturated rings. The molecule has 2 rings (SSSR count). The smallest absolute Gasteiger partial charge is 0.271 e. The Bertz CT molecular complexity index is 427. The van der Waals surface area contributed by atoms with Gasteiger partial charge in [0.15, 0.2) is 5.69 Å². The van der Waals surface area contributed by atoms with Crippen molar-refractivity contribution in [1.29, 1.82) is 0 Å². The van der Waals surface area contributed by atoms with E-state index < -0.39 is 0 Å². The molecule has 2 heterocycles. The Kier molecular flexibility index (Phi) is 5.29. The van der Waals surface area contributed by atoms with Crippen LogP contribution in [0.2, 0.25) is 0 Å². The summed E-state index contributed by atoms with van der Waals surface area (Å²) >= 11 is 0. The summed E-state index contributed by atoms with van der Waals surface area (Å²) in [6.45, 7) is 6.30. The van der Waals surface area contributed by atoms with Gasteiger partial charge in [-0.2, -0.15) is 0 Å². The summed E-state index contributed by atoms with van der Waals surface area (Å²) in [5.41, 5.74) is 0.341. The molecule has 0 aliphatic carbocycles. The molecule has 6 heteroatoms. The summed E-state index contributed by atoms with van der Waals surface area (Å²) in [5.74, 6) is 0.900. The maximum atomic E-state index is 11.8. The van der Waals surface area contributed by atoms with Gasteiger partial charge in [-0.15, -0.1) is 10.2 Å². The van der Waals surface area contributed by atoms with Crippen molar-refractivity contribution in [1.82, 2.24) is 15.5 Å². The second-order valence-corrected chi connectivity index (χ2v) is 5.42. The van der Waals surface area contributed by atoms with Crippen LogP contribution in [0.5, 0.6) is 0 Å². The van der Waals surface area contributed by atoms with Gasteiger partial charge in [-0.1, -0.05) is 13.8 Å². The van der Waals surface area contributed by atoms with Crippen molar-refractivity contribution in [2.45, 2.75) is 32.8 Å². The van der Waals surface area contributed by atoms with E-state index in [1.54, 1.807) is 12.1 Å². The summed E-state index contributed by atoms with van der Waals surface area (Å²) in [6.07, 6.45) is 2.45. The van der Waals surface area contributed by atoms with E-state index in [-0.39, 0.29) is 12.0 Å². The highest BCUT2D eigenvalue weighted by atomic mass is 16.5. The summed E-state index contributed by atoms with van der Waals surface area (Å²) in [5, 5.41) is 13.9. The first kappa shape index (κ1) is 14.7. The van der Waals surface area contributed by atoms with Crippen LogP contribution in [0.1, 0.15) is 37.2 Å². The number of rotatable bonds is 6. The van der Waals surface area contributed by atoms with Crippen molar-refractivity contribution in [2.24, 2.45) is 5.92 Å². The van der Waals surface area contributed by atoms with Crippen molar-refractivity contribution in [3.63, 3.8) is 0 Å². The molecule has 20 heavy (non-hydrogen) atoms. The van der Waals surface area contributed by atoms with Gasteiger partial charge >= 0.3 is 0 Å². The first-order chi connectivity index (χ1) is 9.65. The Morgan fingerprint density at radius 2 is 2.30 bits per heavy atom. The van der Waals surface area contributed by atoms with E-state index >= 15 is 0 Å². The SMILES string of the molecule is CC(C)CNC(=O)c1ccc(NCC2CCCO2)nn1. The molecule has 1 aliphatic heterocycles. The summed E-state index contributed by atoms with van der Waals surface area (Å²) in [7, 11) is 0. The molecule has 1 aromatic rings. The number of carbonyl (C=O) groups excluding carboxylic acids is 1. The van der Waals surface area contributed by atoms with Crippen LogP contribution in [-0.2, 0) is 4.74 Å². The highest BCUT2D eigenvalue weighted by Gasteiger charge is 2.15. The quantitative estimate of drug-likeness (QED) is 0.823. The van der Waals surface area contributed by atoms with E-state index in [0.717, 1.165) is 26.0 Å². The third-order valence-electron chi connectivity index (χ3n) is 3.10. The third-order valence-corrected chi connectivity index (χ3v) is 3.10. The van der Waals surface area contributed by atoms with Gasteiger partial charge < -0.3 is 15.4 Å². The normalized spacial score (nSPS) is 18.2. The standard InChI is InChI=1S/C14H22N4O2/c1-10(2)8-16-14(19)12-5-6-13(18-17-12)15-9-11-4-3-7-20-11/h5-6,10-11H,3-4,7-9H2,1-2H3,(H,15,18)(H,16,19).